The van der Waals surface area contributed by atoms with Crippen LogP contribution in [0.4, 0.5) is 8.78 Å². The lowest BCUT2D eigenvalue weighted by Crippen LogP contribution is -2.40. The van der Waals surface area contributed by atoms with Gasteiger partial charge < -0.3 is 9.84 Å². The zero-order valence-electron chi connectivity index (χ0n) is 9.91. The molecule has 0 saturated heterocycles. The van der Waals surface area contributed by atoms with E-state index >= 15 is 0 Å². The first-order chi connectivity index (χ1) is 8.30. The molecule has 1 N–H and O–H groups in total. The van der Waals surface area contributed by atoms with Gasteiger partial charge in [0.15, 0.2) is 0 Å². The van der Waals surface area contributed by atoms with Gasteiger partial charge in [-0.1, -0.05) is 17.7 Å². The summed E-state index contributed by atoms with van der Waals surface area (Å²) in [5, 5.41) is 9.75. The Hall–Kier alpha value is -1.20. The van der Waals surface area contributed by atoms with Crippen LogP contribution in [0.15, 0.2) is 18.2 Å². The standard InChI is InChI=1S/C12H13ClF2O3/c1-3-18-11(16)10(15)12(2,17)7-4-5-9(14)8(13)6-7/h4-6,10,17H,3H2,1-2H3. The number of alkyl halides is 1. The number of esters is 1. The van der Waals surface area contributed by atoms with E-state index in [0.717, 1.165) is 25.1 Å². The second-order valence-corrected chi connectivity index (χ2v) is 4.30. The van der Waals surface area contributed by atoms with Crippen molar-refractivity contribution in [1.29, 1.82) is 0 Å². The summed E-state index contributed by atoms with van der Waals surface area (Å²) in [6.45, 7) is 2.62. The van der Waals surface area contributed by atoms with E-state index in [0.29, 0.717) is 0 Å². The summed E-state index contributed by atoms with van der Waals surface area (Å²) in [5.74, 6) is -1.87. The zero-order chi connectivity index (χ0) is 13.9. The van der Waals surface area contributed by atoms with Crippen molar-refractivity contribution < 1.29 is 23.4 Å². The highest BCUT2D eigenvalue weighted by molar-refractivity contribution is 6.30. The molecule has 1 aromatic carbocycles. The highest BCUT2D eigenvalue weighted by Gasteiger charge is 2.40. The van der Waals surface area contributed by atoms with Crippen LogP contribution >= 0.6 is 11.6 Å². The van der Waals surface area contributed by atoms with Crippen LogP contribution in [0.5, 0.6) is 0 Å². The van der Waals surface area contributed by atoms with Crippen LogP contribution in [0.1, 0.15) is 19.4 Å². The normalized spacial score (nSPS) is 15.9. The van der Waals surface area contributed by atoms with E-state index in [9.17, 15) is 18.7 Å². The Kier molecular flexibility index (Phi) is 4.65. The van der Waals surface area contributed by atoms with Crippen molar-refractivity contribution in [3.05, 3.63) is 34.6 Å². The molecule has 0 spiro atoms. The molecule has 0 radical (unpaired) electrons. The Morgan fingerprint density at radius 1 is 1.61 bits per heavy atom. The van der Waals surface area contributed by atoms with Crippen molar-refractivity contribution >= 4 is 17.6 Å². The van der Waals surface area contributed by atoms with Crippen LogP contribution in [0.2, 0.25) is 5.02 Å². The number of aliphatic hydroxyl groups is 1. The van der Waals surface area contributed by atoms with Gasteiger partial charge in [0.25, 0.3) is 0 Å². The maximum atomic E-state index is 13.8. The van der Waals surface area contributed by atoms with Crippen LogP contribution < -0.4 is 0 Å². The molecule has 0 fully saturated rings. The number of rotatable bonds is 4. The molecule has 0 aromatic heterocycles. The van der Waals surface area contributed by atoms with Gasteiger partial charge in [-0.2, -0.15) is 0 Å². The van der Waals surface area contributed by atoms with Gasteiger partial charge in [-0.25, -0.2) is 13.6 Å². The first-order valence-corrected chi connectivity index (χ1v) is 5.67. The molecule has 0 heterocycles. The molecule has 1 rings (SSSR count). The van der Waals surface area contributed by atoms with E-state index in [2.05, 4.69) is 4.74 Å². The van der Waals surface area contributed by atoms with E-state index in [1.165, 1.54) is 6.92 Å². The minimum absolute atomic E-state index is 0.000489. The van der Waals surface area contributed by atoms with Crippen LogP contribution in [-0.4, -0.2) is 23.9 Å². The van der Waals surface area contributed by atoms with Crippen molar-refractivity contribution in [2.24, 2.45) is 0 Å². The van der Waals surface area contributed by atoms with Crippen molar-refractivity contribution in [3.63, 3.8) is 0 Å². The van der Waals surface area contributed by atoms with Crippen molar-refractivity contribution in [1.82, 2.24) is 0 Å². The van der Waals surface area contributed by atoms with E-state index in [1.807, 2.05) is 0 Å². The molecule has 3 nitrogen and oxygen atoms in total. The van der Waals surface area contributed by atoms with Crippen molar-refractivity contribution in [3.8, 4) is 0 Å². The average Bonchev–Trinajstić information content (AvgIpc) is 2.31. The van der Waals surface area contributed by atoms with Crippen LogP contribution in [0.25, 0.3) is 0 Å². The first kappa shape index (κ1) is 14.9. The number of carbonyl (C=O) groups excluding carboxylic acids is 1. The highest BCUT2D eigenvalue weighted by Crippen LogP contribution is 2.30. The van der Waals surface area contributed by atoms with Crippen molar-refractivity contribution in [2.45, 2.75) is 25.6 Å². The molecular weight excluding hydrogens is 266 g/mol. The molecule has 6 heteroatoms. The molecule has 0 amide bonds. The molecule has 18 heavy (non-hydrogen) atoms. The third-order valence-corrected chi connectivity index (χ3v) is 2.78. The summed E-state index contributed by atoms with van der Waals surface area (Å²) in [6.07, 6.45) is -2.28. The summed E-state index contributed by atoms with van der Waals surface area (Å²) in [5.41, 5.74) is -2.14. The Balaban J connectivity index is 3.04. The Morgan fingerprint density at radius 3 is 2.72 bits per heavy atom. The largest absolute Gasteiger partial charge is 0.464 e. The van der Waals surface area contributed by atoms with E-state index in [4.69, 9.17) is 11.6 Å². The number of ether oxygens (including phenoxy) is 1. The predicted molar refractivity (Wildman–Crippen MR) is 62.5 cm³/mol. The molecule has 2 atom stereocenters. The number of carbonyl (C=O) groups is 1. The highest BCUT2D eigenvalue weighted by atomic mass is 35.5. The third kappa shape index (κ3) is 2.97. The quantitative estimate of drug-likeness (QED) is 0.861. The molecular formula is C12H13ClF2O3. The first-order valence-electron chi connectivity index (χ1n) is 5.29. The lowest BCUT2D eigenvalue weighted by atomic mass is 9.91. The van der Waals surface area contributed by atoms with Gasteiger partial charge in [-0.3, -0.25) is 0 Å². The summed E-state index contributed by atoms with van der Waals surface area (Å²) < 4.78 is 31.3. The minimum atomic E-state index is -2.28. The second kappa shape index (κ2) is 5.63. The minimum Gasteiger partial charge on any atom is -0.464 e. The van der Waals surface area contributed by atoms with Crippen LogP contribution in [0, 0.1) is 5.82 Å². The van der Waals surface area contributed by atoms with Gasteiger partial charge in [-0.15, -0.1) is 0 Å². The number of halogens is 3. The maximum Gasteiger partial charge on any atom is 0.344 e. The fourth-order valence-electron chi connectivity index (χ4n) is 1.40. The fraction of sp³-hybridized carbons (Fsp3) is 0.417. The van der Waals surface area contributed by atoms with E-state index < -0.39 is 23.6 Å². The molecule has 2 unspecified atom stereocenters. The molecule has 0 aliphatic carbocycles. The van der Waals surface area contributed by atoms with Crippen LogP contribution in [0.3, 0.4) is 0 Å². The summed E-state index contributed by atoms with van der Waals surface area (Å²) in [4.78, 5) is 11.3. The Bertz CT molecular complexity index is 449. The van der Waals surface area contributed by atoms with E-state index in [-0.39, 0.29) is 17.2 Å². The van der Waals surface area contributed by atoms with Gasteiger partial charge in [0, 0.05) is 0 Å². The summed E-state index contributed by atoms with van der Waals surface area (Å²) in [6, 6.07) is 3.22. The molecule has 0 saturated carbocycles. The van der Waals surface area contributed by atoms with Gasteiger partial charge in [0.2, 0.25) is 6.17 Å². The predicted octanol–water partition coefficient (Wildman–Crippen LogP) is 2.59. The Labute approximate surface area is 108 Å². The number of benzene rings is 1. The molecule has 0 aliphatic rings. The van der Waals surface area contributed by atoms with Gasteiger partial charge in [-0.05, 0) is 31.5 Å². The fourth-order valence-corrected chi connectivity index (χ4v) is 1.58. The summed E-state index contributed by atoms with van der Waals surface area (Å²) >= 11 is 5.54. The lowest BCUT2D eigenvalue weighted by Gasteiger charge is -2.26. The van der Waals surface area contributed by atoms with E-state index in [1.54, 1.807) is 0 Å². The number of hydrogen-bond acceptors (Lipinski definition) is 3. The average molecular weight is 279 g/mol. The van der Waals surface area contributed by atoms with Crippen LogP contribution in [-0.2, 0) is 15.1 Å². The smallest absolute Gasteiger partial charge is 0.344 e. The topological polar surface area (TPSA) is 46.5 Å². The zero-order valence-corrected chi connectivity index (χ0v) is 10.7. The molecule has 0 bridgehead atoms. The second-order valence-electron chi connectivity index (χ2n) is 3.89. The van der Waals surface area contributed by atoms with Gasteiger partial charge >= 0.3 is 5.97 Å². The maximum absolute atomic E-state index is 13.8. The third-order valence-electron chi connectivity index (χ3n) is 2.49. The number of hydrogen-bond donors (Lipinski definition) is 1. The lowest BCUT2D eigenvalue weighted by molar-refractivity contribution is -0.160. The summed E-state index contributed by atoms with van der Waals surface area (Å²) in [7, 11) is 0. The van der Waals surface area contributed by atoms with Gasteiger partial charge in [0.1, 0.15) is 11.4 Å². The molecule has 0 aliphatic heterocycles. The SMILES string of the molecule is CCOC(=O)C(F)C(C)(O)c1ccc(F)c(Cl)c1. The molecule has 1 aromatic rings. The molecule has 100 valence electrons. The monoisotopic (exact) mass is 278 g/mol. The van der Waals surface area contributed by atoms with Gasteiger partial charge in [0.05, 0.1) is 11.6 Å². The Morgan fingerprint density at radius 2 is 2.22 bits per heavy atom. The van der Waals surface area contributed by atoms with Crippen molar-refractivity contribution in [2.75, 3.05) is 6.61 Å².